The number of ether oxygens (including phenoxy) is 1. The minimum atomic E-state index is -3.65. The molecule has 1 fully saturated rings. The van der Waals surface area contributed by atoms with E-state index < -0.39 is 37.9 Å². The Labute approximate surface area is 141 Å². The van der Waals surface area contributed by atoms with Crippen molar-refractivity contribution < 1.29 is 22.7 Å². The average molecular weight is 354 g/mol. The molecule has 0 aromatic heterocycles. The lowest BCUT2D eigenvalue weighted by molar-refractivity contribution is -0.148. The largest absolute Gasteiger partial charge is 0.443 e. The quantitative estimate of drug-likeness (QED) is 0.830. The Kier molecular flexibility index (Phi) is 4.89. The van der Waals surface area contributed by atoms with Crippen LogP contribution in [0.4, 0.5) is 4.79 Å². The second kappa shape index (κ2) is 6.43. The molecule has 0 saturated carbocycles. The molecule has 1 aliphatic rings. The van der Waals surface area contributed by atoms with Crippen molar-refractivity contribution in [2.45, 2.75) is 50.3 Å². The first-order chi connectivity index (χ1) is 11.1. The highest BCUT2D eigenvalue weighted by Gasteiger charge is 2.56. The molecule has 1 heterocycles. The van der Waals surface area contributed by atoms with Crippen LogP contribution in [0.5, 0.6) is 0 Å². The minimum Gasteiger partial charge on any atom is -0.443 e. The van der Waals surface area contributed by atoms with E-state index in [1.54, 1.807) is 39.8 Å². The molecule has 2 atom stereocenters. The monoisotopic (exact) mass is 354 g/mol. The van der Waals surface area contributed by atoms with Crippen molar-refractivity contribution >= 4 is 21.8 Å². The third kappa shape index (κ3) is 3.38. The molecular formula is C16H22N2O5S. The zero-order valence-electron chi connectivity index (χ0n) is 14.1. The van der Waals surface area contributed by atoms with Crippen LogP contribution in [-0.2, 0) is 26.0 Å². The highest BCUT2D eigenvalue weighted by molar-refractivity contribution is 7.94. The molecule has 0 spiro atoms. The van der Waals surface area contributed by atoms with Crippen LogP contribution in [0.3, 0.4) is 0 Å². The van der Waals surface area contributed by atoms with Crippen LogP contribution in [-0.4, -0.2) is 41.5 Å². The second-order valence-corrected chi connectivity index (χ2v) is 9.52. The van der Waals surface area contributed by atoms with Gasteiger partial charge in [-0.2, -0.15) is 0 Å². The van der Waals surface area contributed by atoms with Gasteiger partial charge in [-0.05, 0) is 33.3 Å². The van der Waals surface area contributed by atoms with E-state index in [1.165, 1.54) is 0 Å². The lowest BCUT2D eigenvalue weighted by Gasteiger charge is -2.45. The van der Waals surface area contributed by atoms with Gasteiger partial charge in [-0.25, -0.2) is 23.6 Å². The number of benzene rings is 1. The Morgan fingerprint density at radius 1 is 1.25 bits per heavy atom. The molecule has 0 bridgehead atoms. The first kappa shape index (κ1) is 18.3. The third-order valence-corrected chi connectivity index (χ3v) is 6.91. The Hall–Kier alpha value is -2.09. The number of hydrogen-bond acceptors (Lipinski definition) is 5. The molecule has 24 heavy (non-hydrogen) atoms. The molecular weight excluding hydrogens is 332 g/mol. The number of sulfone groups is 1. The van der Waals surface area contributed by atoms with Crippen LogP contribution < -0.4 is 5.43 Å². The van der Waals surface area contributed by atoms with Crippen molar-refractivity contribution in [3.05, 3.63) is 35.9 Å². The third-order valence-electron chi connectivity index (χ3n) is 3.94. The summed E-state index contributed by atoms with van der Waals surface area (Å²) in [5, 5.41) is -0.145. The van der Waals surface area contributed by atoms with Gasteiger partial charge in [0.2, 0.25) is 0 Å². The second-order valence-electron chi connectivity index (χ2n) is 6.70. The predicted octanol–water partition coefficient (Wildman–Crippen LogP) is 1.64. The van der Waals surface area contributed by atoms with Crippen molar-refractivity contribution in [3.63, 3.8) is 0 Å². The first-order valence-electron chi connectivity index (χ1n) is 7.59. The number of nitrogens with zero attached hydrogens (tertiary/aromatic N) is 1. The van der Waals surface area contributed by atoms with E-state index in [-0.39, 0.29) is 6.61 Å². The summed E-state index contributed by atoms with van der Waals surface area (Å²) < 4.78 is 28.8. The van der Waals surface area contributed by atoms with E-state index in [4.69, 9.17) is 4.74 Å². The van der Waals surface area contributed by atoms with E-state index in [2.05, 4.69) is 5.43 Å². The average Bonchev–Trinajstić information content (AvgIpc) is 2.50. The van der Waals surface area contributed by atoms with Crippen molar-refractivity contribution in [2.24, 2.45) is 0 Å². The summed E-state index contributed by atoms with van der Waals surface area (Å²) in [6.07, 6.45) is -0.800. The van der Waals surface area contributed by atoms with Gasteiger partial charge in [0.1, 0.15) is 6.61 Å². The van der Waals surface area contributed by atoms with Gasteiger partial charge < -0.3 is 4.74 Å². The molecule has 2 unspecified atom stereocenters. The van der Waals surface area contributed by atoms with Gasteiger partial charge in [0, 0.05) is 0 Å². The normalized spacial score (nSPS) is 21.2. The summed E-state index contributed by atoms with van der Waals surface area (Å²) in [5.74, 6) is -0.644. The highest BCUT2D eigenvalue weighted by Crippen LogP contribution is 2.31. The molecule has 1 saturated heterocycles. The van der Waals surface area contributed by atoms with Gasteiger partial charge in [0.05, 0.1) is 10.8 Å². The maximum atomic E-state index is 12.4. The summed E-state index contributed by atoms with van der Waals surface area (Å²) in [7, 11) is -3.65. The maximum absolute atomic E-state index is 12.4. The molecule has 7 nitrogen and oxygen atoms in total. The standard InChI is InChI=1S/C16H22N2O5S/c1-11-13(24(21,22)16(2,3)4)14(19)18(11)17-15(20)23-10-12-8-6-5-7-9-12/h5-9,11,13H,10H2,1-4H3,(H,17,20). The molecule has 1 aliphatic heterocycles. The van der Waals surface area contributed by atoms with Gasteiger partial charge in [0.25, 0.3) is 5.91 Å². The van der Waals surface area contributed by atoms with E-state index in [9.17, 15) is 18.0 Å². The van der Waals surface area contributed by atoms with Gasteiger partial charge in [-0.15, -0.1) is 0 Å². The van der Waals surface area contributed by atoms with Crippen molar-refractivity contribution in [2.75, 3.05) is 0 Å². The van der Waals surface area contributed by atoms with E-state index in [0.29, 0.717) is 0 Å². The molecule has 0 aliphatic carbocycles. The number of hydrogen-bond donors (Lipinski definition) is 1. The van der Waals surface area contributed by atoms with E-state index in [1.807, 2.05) is 18.2 Å². The zero-order valence-corrected chi connectivity index (χ0v) is 15.0. The zero-order chi connectivity index (χ0) is 18.1. The summed E-state index contributed by atoms with van der Waals surface area (Å²) in [4.78, 5) is 23.9. The van der Waals surface area contributed by atoms with E-state index >= 15 is 0 Å². The number of rotatable bonds is 4. The fraction of sp³-hybridized carbons (Fsp3) is 0.500. The van der Waals surface area contributed by atoms with Crippen LogP contribution >= 0.6 is 0 Å². The van der Waals surface area contributed by atoms with Gasteiger partial charge in [-0.1, -0.05) is 30.3 Å². The lowest BCUT2D eigenvalue weighted by atomic mass is 10.1. The maximum Gasteiger partial charge on any atom is 0.426 e. The van der Waals surface area contributed by atoms with Gasteiger partial charge in [0.15, 0.2) is 15.1 Å². The summed E-state index contributed by atoms with van der Waals surface area (Å²) in [5.41, 5.74) is 3.11. The molecule has 0 radical (unpaired) electrons. The molecule has 8 heteroatoms. The Balaban J connectivity index is 1.93. The smallest absolute Gasteiger partial charge is 0.426 e. The number of β-lactam (4-membered cyclic amide) rings is 1. The fourth-order valence-corrected chi connectivity index (χ4v) is 4.16. The van der Waals surface area contributed by atoms with Crippen molar-refractivity contribution in [1.82, 2.24) is 10.4 Å². The Morgan fingerprint density at radius 3 is 2.33 bits per heavy atom. The molecule has 1 aromatic rings. The van der Waals surface area contributed by atoms with Crippen LogP contribution in [0.2, 0.25) is 0 Å². The SMILES string of the molecule is CC1C(S(=O)(=O)C(C)(C)C)C(=O)N1NC(=O)OCc1ccccc1. The van der Waals surface area contributed by atoms with Gasteiger partial charge in [-0.3, -0.25) is 4.79 Å². The number of carbonyl (C=O) groups excluding carboxylic acids is 2. The van der Waals surface area contributed by atoms with Crippen LogP contribution in [0, 0.1) is 0 Å². The molecule has 2 rings (SSSR count). The predicted molar refractivity (Wildman–Crippen MR) is 88.5 cm³/mol. The molecule has 132 valence electrons. The lowest BCUT2D eigenvalue weighted by Crippen LogP contribution is -2.72. The number of amides is 2. The van der Waals surface area contributed by atoms with Crippen LogP contribution in [0.15, 0.2) is 30.3 Å². The Bertz CT molecular complexity index is 725. The first-order valence-corrected chi connectivity index (χ1v) is 9.14. The highest BCUT2D eigenvalue weighted by atomic mass is 32.2. The number of hydrazine groups is 1. The van der Waals surface area contributed by atoms with Crippen molar-refractivity contribution in [3.8, 4) is 0 Å². The summed E-state index contributed by atoms with van der Waals surface area (Å²) in [6, 6.07) is 8.44. The summed E-state index contributed by atoms with van der Waals surface area (Å²) >= 11 is 0. The molecule has 2 amide bonds. The van der Waals surface area contributed by atoms with E-state index in [0.717, 1.165) is 10.6 Å². The van der Waals surface area contributed by atoms with Crippen LogP contribution in [0.25, 0.3) is 0 Å². The topological polar surface area (TPSA) is 92.8 Å². The summed E-state index contributed by atoms with van der Waals surface area (Å²) in [6.45, 7) is 6.28. The van der Waals surface area contributed by atoms with Crippen LogP contribution in [0.1, 0.15) is 33.3 Å². The van der Waals surface area contributed by atoms with Gasteiger partial charge >= 0.3 is 6.09 Å². The van der Waals surface area contributed by atoms with Crippen molar-refractivity contribution in [1.29, 1.82) is 0 Å². The minimum absolute atomic E-state index is 0.0623. The Morgan fingerprint density at radius 2 is 1.83 bits per heavy atom. The molecule has 1 aromatic carbocycles. The number of nitrogens with one attached hydrogen (secondary N) is 1. The molecule has 1 N–H and O–H groups in total. The number of carbonyl (C=O) groups is 2. The fourth-order valence-electron chi connectivity index (χ4n) is 2.38.